The van der Waals surface area contributed by atoms with Crippen LogP contribution >= 0.6 is 0 Å². The third kappa shape index (κ3) is 3.85. The van der Waals surface area contributed by atoms with Crippen molar-refractivity contribution in [2.45, 2.75) is 23.7 Å². The molecule has 0 aliphatic heterocycles. The maximum Gasteiger partial charge on any atom is 0.416 e. The number of aryl methyl sites for hydroxylation is 1. The fourth-order valence-electron chi connectivity index (χ4n) is 1.84. The van der Waals surface area contributed by atoms with E-state index in [1.807, 2.05) is 6.92 Å². The minimum absolute atomic E-state index is 0.160. The van der Waals surface area contributed by atoms with Crippen LogP contribution in [-0.4, -0.2) is 8.42 Å². The molecule has 2 aromatic rings. The van der Waals surface area contributed by atoms with Crippen LogP contribution in [0.5, 0.6) is 0 Å². The van der Waals surface area contributed by atoms with Crippen molar-refractivity contribution in [3.8, 4) is 0 Å². The van der Waals surface area contributed by atoms with Crippen LogP contribution in [0.25, 0.3) is 0 Å². The molecule has 2 aromatic carbocycles. The van der Waals surface area contributed by atoms with Crippen LogP contribution in [0.15, 0.2) is 53.4 Å². The molecule has 0 bridgehead atoms. The number of rotatable bonds is 3. The van der Waals surface area contributed by atoms with E-state index in [0.29, 0.717) is 5.56 Å². The van der Waals surface area contributed by atoms with Crippen LogP contribution in [0.2, 0.25) is 0 Å². The van der Waals surface area contributed by atoms with E-state index in [4.69, 9.17) is 0 Å². The largest absolute Gasteiger partial charge is 0.416 e. The molecule has 21 heavy (non-hydrogen) atoms. The molecule has 0 heterocycles. The van der Waals surface area contributed by atoms with Crippen molar-refractivity contribution in [1.29, 1.82) is 0 Å². The molecule has 0 fully saturated rings. The molecule has 0 N–H and O–H groups in total. The fourth-order valence-corrected chi connectivity index (χ4v) is 3.19. The second-order valence-electron chi connectivity index (χ2n) is 4.77. The van der Waals surface area contributed by atoms with Crippen LogP contribution in [-0.2, 0) is 21.8 Å². The maximum absolute atomic E-state index is 12.4. The molecule has 6 heteroatoms. The van der Waals surface area contributed by atoms with Gasteiger partial charge in [0.05, 0.1) is 16.2 Å². The van der Waals surface area contributed by atoms with Gasteiger partial charge in [-0.15, -0.1) is 0 Å². The highest BCUT2D eigenvalue weighted by Gasteiger charge is 2.30. The second-order valence-corrected chi connectivity index (χ2v) is 6.76. The van der Waals surface area contributed by atoms with Crippen molar-refractivity contribution in [1.82, 2.24) is 0 Å². The lowest BCUT2D eigenvalue weighted by molar-refractivity contribution is -0.137. The Morgan fingerprint density at radius 3 is 1.90 bits per heavy atom. The molecule has 0 saturated heterocycles. The molecule has 2 rings (SSSR count). The van der Waals surface area contributed by atoms with Crippen LogP contribution in [0.1, 0.15) is 16.7 Å². The Labute approximate surface area is 121 Å². The maximum atomic E-state index is 12.4. The van der Waals surface area contributed by atoms with Gasteiger partial charge in [-0.1, -0.05) is 29.8 Å². The van der Waals surface area contributed by atoms with Crippen molar-refractivity contribution >= 4 is 9.84 Å². The third-order valence-electron chi connectivity index (χ3n) is 3.02. The van der Waals surface area contributed by atoms with Crippen molar-refractivity contribution in [2.24, 2.45) is 0 Å². The normalized spacial score (nSPS) is 12.4. The summed E-state index contributed by atoms with van der Waals surface area (Å²) in [5, 5.41) is 0. The zero-order valence-electron chi connectivity index (χ0n) is 11.2. The van der Waals surface area contributed by atoms with Crippen molar-refractivity contribution in [3.05, 3.63) is 65.2 Å². The van der Waals surface area contributed by atoms with Gasteiger partial charge in [0.15, 0.2) is 9.84 Å². The number of alkyl halides is 3. The quantitative estimate of drug-likeness (QED) is 0.858. The minimum atomic E-state index is -4.42. The average molecular weight is 314 g/mol. The molecule has 0 aliphatic carbocycles. The first-order chi connectivity index (χ1) is 9.68. The zero-order valence-corrected chi connectivity index (χ0v) is 12.0. The molecule has 0 amide bonds. The summed E-state index contributed by atoms with van der Waals surface area (Å²) in [5.41, 5.74) is 0.464. The van der Waals surface area contributed by atoms with Gasteiger partial charge in [-0.25, -0.2) is 8.42 Å². The summed E-state index contributed by atoms with van der Waals surface area (Å²) in [7, 11) is -3.56. The Kier molecular flexibility index (Phi) is 4.09. The standard InChI is InChI=1S/C15H13F3O2S/c1-11-2-8-14(9-3-11)21(19,20)10-12-4-6-13(7-5-12)15(16,17)18/h2-9H,10H2,1H3. The van der Waals surface area contributed by atoms with Crippen LogP contribution in [0.3, 0.4) is 0 Å². The molecule has 0 unspecified atom stereocenters. The minimum Gasteiger partial charge on any atom is -0.223 e. The van der Waals surface area contributed by atoms with E-state index in [1.165, 1.54) is 24.3 Å². The van der Waals surface area contributed by atoms with Gasteiger partial charge in [0.2, 0.25) is 0 Å². The number of benzene rings is 2. The van der Waals surface area contributed by atoms with E-state index >= 15 is 0 Å². The summed E-state index contributed by atoms with van der Waals surface area (Å²) in [5.74, 6) is -0.325. The van der Waals surface area contributed by atoms with E-state index < -0.39 is 21.6 Å². The lowest BCUT2D eigenvalue weighted by Gasteiger charge is -2.08. The molecule has 112 valence electrons. The molecule has 0 radical (unpaired) electrons. The second kappa shape index (κ2) is 5.52. The number of sulfone groups is 1. The van der Waals surface area contributed by atoms with E-state index in [9.17, 15) is 21.6 Å². The van der Waals surface area contributed by atoms with E-state index in [1.54, 1.807) is 12.1 Å². The molecular weight excluding hydrogens is 301 g/mol. The van der Waals surface area contributed by atoms with Crippen molar-refractivity contribution in [2.75, 3.05) is 0 Å². The Morgan fingerprint density at radius 2 is 1.43 bits per heavy atom. The van der Waals surface area contributed by atoms with E-state index in [2.05, 4.69) is 0 Å². The lowest BCUT2D eigenvalue weighted by atomic mass is 10.1. The van der Waals surface area contributed by atoms with E-state index in [-0.39, 0.29) is 10.6 Å². The highest BCUT2D eigenvalue weighted by atomic mass is 32.2. The number of hydrogen-bond acceptors (Lipinski definition) is 2. The Balaban J connectivity index is 2.23. The molecule has 0 aromatic heterocycles. The van der Waals surface area contributed by atoms with Crippen molar-refractivity contribution < 1.29 is 21.6 Å². The van der Waals surface area contributed by atoms with Gasteiger partial charge in [-0.3, -0.25) is 0 Å². The van der Waals surface area contributed by atoms with Gasteiger partial charge in [0, 0.05) is 0 Å². The lowest BCUT2D eigenvalue weighted by Crippen LogP contribution is -2.07. The summed E-state index contributed by atoms with van der Waals surface area (Å²) in [6.07, 6.45) is -4.42. The number of hydrogen-bond donors (Lipinski definition) is 0. The van der Waals surface area contributed by atoms with Gasteiger partial charge in [-0.05, 0) is 36.8 Å². The third-order valence-corrected chi connectivity index (χ3v) is 4.72. The smallest absolute Gasteiger partial charge is 0.223 e. The molecule has 0 atom stereocenters. The summed E-state index contributed by atoms with van der Waals surface area (Å²) in [4.78, 5) is 0.160. The first kappa shape index (κ1) is 15.6. The highest BCUT2D eigenvalue weighted by Crippen LogP contribution is 2.29. The number of halogens is 3. The predicted molar refractivity (Wildman–Crippen MR) is 73.5 cm³/mol. The SMILES string of the molecule is Cc1ccc(S(=O)(=O)Cc2ccc(C(F)(F)F)cc2)cc1. The Morgan fingerprint density at radius 1 is 0.905 bits per heavy atom. The van der Waals surface area contributed by atoms with E-state index in [0.717, 1.165) is 17.7 Å². The first-order valence-electron chi connectivity index (χ1n) is 6.14. The molecule has 0 saturated carbocycles. The van der Waals surface area contributed by atoms with Crippen molar-refractivity contribution in [3.63, 3.8) is 0 Å². The zero-order chi connectivity index (χ0) is 15.7. The monoisotopic (exact) mass is 314 g/mol. The Hall–Kier alpha value is -1.82. The Bertz CT molecular complexity index is 715. The van der Waals surface area contributed by atoms with Gasteiger partial charge < -0.3 is 0 Å². The first-order valence-corrected chi connectivity index (χ1v) is 7.79. The summed E-state index contributed by atoms with van der Waals surface area (Å²) >= 11 is 0. The van der Waals surface area contributed by atoms with Gasteiger partial charge >= 0.3 is 6.18 Å². The molecule has 0 aliphatic rings. The summed E-state index contributed by atoms with van der Waals surface area (Å²) < 4.78 is 61.7. The van der Waals surface area contributed by atoms with Gasteiger partial charge in [-0.2, -0.15) is 13.2 Å². The summed E-state index contributed by atoms with van der Waals surface area (Å²) in [6.45, 7) is 1.84. The average Bonchev–Trinajstić information content (AvgIpc) is 2.38. The summed E-state index contributed by atoms with van der Waals surface area (Å²) in [6, 6.07) is 10.5. The fraction of sp³-hybridized carbons (Fsp3) is 0.200. The molecule has 0 spiro atoms. The molecular formula is C15H13F3O2S. The van der Waals surface area contributed by atoms with Crippen LogP contribution in [0, 0.1) is 6.92 Å². The van der Waals surface area contributed by atoms with Gasteiger partial charge in [0.25, 0.3) is 0 Å². The highest BCUT2D eigenvalue weighted by molar-refractivity contribution is 7.90. The molecule has 2 nitrogen and oxygen atoms in total. The predicted octanol–water partition coefficient (Wildman–Crippen LogP) is 3.99. The van der Waals surface area contributed by atoms with Gasteiger partial charge in [0.1, 0.15) is 0 Å². The topological polar surface area (TPSA) is 34.1 Å². The van der Waals surface area contributed by atoms with Crippen LogP contribution < -0.4 is 0 Å². The van der Waals surface area contributed by atoms with Crippen LogP contribution in [0.4, 0.5) is 13.2 Å².